The van der Waals surface area contributed by atoms with E-state index < -0.39 is 0 Å². The van der Waals surface area contributed by atoms with Crippen LogP contribution in [0.1, 0.15) is 31.5 Å². The van der Waals surface area contributed by atoms with E-state index in [9.17, 15) is 0 Å². The quantitative estimate of drug-likeness (QED) is 0.290. The van der Waals surface area contributed by atoms with Crippen LogP contribution in [0, 0.1) is 0 Å². The zero-order valence-corrected chi connectivity index (χ0v) is 18.6. The van der Waals surface area contributed by atoms with Crippen LogP contribution in [0.2, 0.25) is 0 Å². The molecular weight excluding hydrogens is 388 g/mol. The lowest BCUT2D eigenvalue weighted by Crippen LogP contribution is -2.37. The molecule has 1 aromatic heterocycles. The van der Waals surface area contributed by atoms with E-state index in [2.05, 4.69) is 46.8 Å². The Balaban J connectivity index is 1.56. The number of benzene rings is 2. The zero-order chi connectivity index (χ0) is 21.9. The van der Waals surface area contributed by atoms with Gasteiger partial charge < -0.3 is 20.1 Å². The van der Waals surface area contributed by atoms with Crippen molar-refractivity contribution < 1.29 is 9.47 Å². The maximum atomic E-state index is 5.67. The van der Waals surface area contributed by atoms with Gasteiger partial charge in [0.2, 0.25) is 0 Å². The summed E-state index contributed by atoms with van der Waals surface area (Å²) in [6, 6.07) is 16.4. The number of nitrogens with one attached hydrogen (secondary N) is 2. The van der Waals surface area contributed by atoms with E-state index in [-0.39, 0.29) is 0 Å². The van der Waals surface area contributed by atoms with Gasteiger partial charge in [-0.2, -0.15) is 0 Å². The standard InChI is InChI=1S/C25H32N4O2/c1-4-26-25(29-18-22-21-11-7-6-10-20(21)14-16-27-22)28-15-8-9-19-12-13-23(30-3)24(17-19)31-5-2/h6-7,10-14,16-17H,4-5,8-9,15,18H2,1-3H3,(H2,26,28,29). The number of hydrogen-bond donors (Lipinski definition) is 2. The summed E-state index contributed by atoms with van der Waals surface area (Å²) < 4.78 is 11.0. The van der Waals surface area contributed by atoms with Gasteiger partial charge in [0.1, 0.15) is 0 Å². The highest BCUT2D eigenvalue weighted by atomic mass is 16.5. The van der Waals surface area contributed by atoms with Crippen LogP contribution >= 0.6 is 0 Å². The molecule has 0 fully saturated rings. The van der Waals surface area contributed by atoms with Crippen molar-refractivity contribution in [1.29, 1.82) is 0 Å². The minimum atomic E-state index is 0.535. The molecule has 0 amide bonds. The molecule has 2 N–H and O–H groups in total. The van der Waals surface area contributed by atoms with Gasteiger partial charge in [0, 0.05) is 24.7 Å². The van der Waals surface area contributed by atoms with Crippen molar-refractivity contribution in [3.8, 4) is 11.5 Å². The number of fused-ring (bicyclic) bond motifs is 1. The summed E-state index contributed by atoms with van der Waals surface area (Å²) >= 11 is 0. The SMILES string of the molecule is CCNC(=NCc1nccc2ccccc12)NCCCc1ccc(OC)c(OCC)c1. The van der Waals surface area contributed by atoms with Gasteiger partial charge in [-0.3, -0.25) is 4.98 Å². The molecule has 0 aliphatic rings. The Hall–Kier alpha value is -3.28. The second-order valence-electron chi connectivity index (χ2n) is 7.12. The molecule has 0 atom stereocenters. The molecule has 3 aromatic rings. The summed E-state index contributed by atoms with van der Waals surface area (Å²) in [6.45, 7) is 6.84. The predicted octanol–water partition coefficient (Wildman–Crippen LogP) is 4.33. The van der Waals surface area contributed by atoms with Crippen molar-refractivity contribution in [1.82, 2.24) is 15.6 Å². The van der Waals surface area contributed by atoms with Gasteiger partial charge in [0.25, 0.3) is 0 Å². The number of aromatic nitrogens is 1. The van der Waals surface area contributed by atoms with Crippen LogP contribution in [0.5, 0.6) is 11.5 Å². The van der Waals surface area contributed by atoms with Crippen molar-refractivity contribution in [2.24, 2.45) is 4.99 Å². The fraction of sp³-hybridized carbons (Fsp3) is 0.360. The third kappa shape index (κ3) is 6.35. The van der Waals surface area contributed by atoms with Crippen LogP contribution in [-0.4, -0.2) is 37.7 Å². The largest absolute Gasteiger partial charge is 0.493 e. The van der Waals surface area contributed by atoms with E-state index in [1.165, 1.54) is 10.9 Å². The average molecular weight is 421 g/mol. The molecule has 0 spiro atoms. The van der Waals surface area contributed by atoms with Crippen LogP contribution in [-0.2, 0) is 13.0 Å². The smallest absolute Gasteiger partial charge is 0.191 e. The van der Waals surface area contributed by atoms with Crippen molar-refractivity contribution in [2.45, 2.75) is 33.2 Å². The second-order valence-corrected chi connectivity index (χ2v) is 7.12. The Morgan fingerprint density at radius 1 is 1.03 bits per heavy atom. The Morgan fingerprint density at radius 3 is 2.71 bits per heavy atom. The molecule has 164 valence electrons. The highest BCUT2D eigenvalue weighted by Gasteiger charge is 2.06. The lowest BCUT2D eigenvalue weighted by molar-refractivity contribution is 0.310. The second kappa shape index (κ2) is 11.8. The number of rotatable bonds is 10. The van der Waals surface area contributed by atoms with Gasteiger partial charge in [0.15, 0.2) is 17.5 Å². The number of guanidine groups is 1. The first-order valence-electron chi connectivity index (χ1n) is 10.9. The van der Waals surface area contributed by atoms with Crippen LogP contribution in [0.4, 0.5) is 0 Å². The van der Waals surface area contributed by atoms with Gasteiger partial charge >= 0.3 is 0 Å². The van der Waals surface area contributed by atoms with Crippen molar-refractivity contribution in [2.75, 3.05) is 26.8 Å². The summed E-state index contributed by atoms with van der Waals surface area (Å²) in [7, 11) is 1.66. The fourth-order valence-corrected chi connectivity index (χ4v) is 3.45. The van der Waals surface area contributed by atoms with E-state index in [1.807, 2.05) is 37.4 Å². The normalized spacial score (nSPS) is 11.4. The Morgan fingerprint density at radius 2 is 1.90 bits per heavy atom. The van der Waals surface area contributed by atoms with Gasteiger partial charge in [0.05, 0.1) is 26.0 Å². The van der Waals surface area contributed by atoms with Crippen LogP contribution in [0.15, 0.2) is 59.7 Å². The molecule has 6 heteroatoms. The monoisotopic (exact) mass is 420 g/mol. The van der Waals surface area contributed by atoms with Crippen molar-refractivity contribution in [3.05, 3.63) is 66.0 Å². The minimum Gasteiger partial charge on any atom is -0.493 e. The maximum Gasteiger partial charge on any atom is 0.191 e. The number of pyridine rings is 1. The molecule has 0 unspecified atom stereocenters. The number of aryl methyl sites for hydroxylation is 1. The van der Waals surface area contributed by atoms with Crippen LogP contribution < -0.4 is 20.1 Å². The molecular formula is C25H32N4O2. The van der Waals surface area contributed by atoms with Gasteiger partial charge in [-0.1, -0.05) is 30.3 Å². The minimum absolute atomic E-state index is 0.535. The first kappa shape index (κ1) is 22.4. The van der Waals surface area contributed by atoms with E-state index in [1.54, 1.807) is 7.11 Å². The van der Waals surface area contributed by atoms with Gasteiger partial charge in [-0.25, -0.2) is 4.99 Å². The number of nitrogens with zero attached hydrogens (tertiary/aromatic N) is 2. The molecule has 3 rings (SSSR count). The van der Waals surface area contributed by atoms with E-state index in [4.69, 9.17) is 14.5 Å². The molecule has 0 saturated heterocycles. The third-order valence-electron chi connectivity index (χ3n) is 4.95. The molecule has 0 aliphatic heterocycles. The summed E-state index contributed by atoms with van der Waals surface area (Å²) in [6.07, 6.45) is 3.77. The van der Waals surface area contributed by atoms with E-state index in [0.29, 0.717) is 13.2 Å². The maximum absolute atomic E-state index is 5.67. The van der Waals surface area contributed by atoms with Crippen molar-refractivity contribution >= 4 is 16.7 Å². The molecule has 6 nitrogen and oxygen atoms in total. The van der Waals surface area contributed by atoms with Crippen molar-refractivity contribution in [3.63, 3.8) is 0 Å². The topological polar surface area (TPSA) is 67.8 Å². The highest BCUT2D eigenvalue weighted by molar-refractivity contribution is 5.85. The summed E-state index contributed by atoms with van der Waals surface area (Å²) in [5.41, 5.74) is 2.21. The number of aliphatic imine (C=N–C) groups is 1. The lowest BCUT2D eigenvalue weighted by atomic mass is 10.1. The van der Waals surface area contributed by atoms with Crippen LogP contribution in [0.3, 0.4) is 0 Å². The summed E-state index contributed by atoms with van der Waals surface area (Å²) in [4.78, 5) is 9.26. The predicted molar refractivity (Wildman–Crippen MR) is 127 cm³/mol. The molecule has 0 aliphatic carbocycles. The van der Waals surface area contributed by atoms with E-state index >= 15 is 0 Å². The number of hydrogen-bond acceptors (Lipinski definition) is 4. The Labute approximate surface area is 184 Å². The van der Waals surface area contributed by atoms with Crippen LogP contribution in [0.25, 0.3) is 10.8 Å². The molecule has 0 radical (unpaired) electrons. The molecule has 1 heterocycles. The van der Waals surface area contributed by atoms with Gasteiger partial charge in [-0.05, 0) is 55.8 Å². The molecule has 2 aromatic carbocycles. The first-order chi connectivity index (χ1) is 15.2. The fourth-order valence-electron chi connectivity index (χ4n) is 3.45. The van der Waals surface area contributed by atoms with Gasteiger partial charge in [-0.15, -0.1) is 0 Å². The average Bonchev–Trinajstić information content (AvgIpc) is 2.80. The molecule has 31 heavy (non-hydrogen) atoms. The number of methoxy groups -OCH3 is 1. The highest BCUT2D eigenvalue weighted by Crippen LogP contribution is 2.28. The summed E-state index contributed by atoms with van der Waals surface area (Å²) in [5, 5.41) is 9.08. The third-order valence-corrected chi connectivity index (χ3v) is 4.95. The lowest BCUT2D eigenvalue weighted by Gasteiger charge is -2.13. The summed E-state index contributed by atoms with van der Waals surface area (Å²) in [5.74, 6) is 2.38. The zero-order valence-electron chi connectivity index (χ0n) is 18.6. The number of ether oxygens (including phenoxy) is 2. The Kier molecular flexibility index (Phi) is 8.52. The Bertz CT molecular complexity index is 998. The molecule has 0 saturated carbocycles. The van der Waals surface area contributed by atoms with E-state index in [0.717, 1.165) is 54.5 Å². The first-order valence-corrected chi connectivity index (χ1v) is 10.9. The molecule has 0 bridgehead atoms.